The van der Waals surface area contributed by atoms with E-state index in [9.17, 15) is 4.79 Å². The molecule has 0 bridgehead atoms. The van der Waals surface area contributed by atoms with Gasteiger partial charge in [-0.25, -0.2) is 0 Å². The lowest BCUT2D eigenvalue weighted by Gasteiger charge is -2.30. The van der Waals surface area contributed by atoms with Crippen molar-refractivity contribution in [1.29, 1.82) is 0 Å². The number of piperidine rings is 1. The van der Waals surface area contributed by atoms with E-state index in [1.807, 2.05) is 35.2 Å². The number of nitrogens with zero attached hydrogens (tertiary/aromatic N) is 3. The molecule has 1 unspecified atom stereocenters. The van der Waals surface area contributed by atoms with Gasteiger partial charge in [0.25, 0.3) is 5.91 Å². The minimum atomic E-state index is -0.00945. The Hall–Kier alpha value is -2.37. The zero-order valence-electron chi connectivity index (χ0n) is 12.6. The highest BCUT2D eigenvalue weighted by molar-refractivity contribution is 5.78. The van der Waals surface area contributed by atoms with Crippen molar-refractivity contribution in [3.63, 3.8) is 0 Å². The predicted molar refractivity (Wildman–Crippen MR) is 79.5 cm³/mol. The van der Waals surface area contributed by atoms with Crippen molar-refractivity contribution in [2.24, 2.45) is 0 Å². The maximum atomic E-state index is 12.3. The minimum Gasteiger partial charge on any atom is -0.484 e. The number of aromatic nitrogens is 2. The standard InChI is InChI=1S/C16H19N3O3/c1-12-17-16(22-18-12)13-6-5-9-19(10-13)15(20)11-21-14-7-3-2-4-8-14/h2-4,7-8,13H,5-6,9-11H2,1H3. The third-order valence-electron chi connectivity index (χ3n) is 3.77. The Morgan fingerprint density at radius 3 is 2.95 bits per heavy atom. The fourth-order valence-electron chi connectivity index (χ4n) is 2.64. The average Bonchev–Trinajstić information content (AvgIpc) is 3.00. The lowest BCUT2D eigenvalue weighted by molar-refractivity contribution is -0.134. The Morgan fingerprint density at radius 2 is 2.23 bits per heavy atom. The molecule has 0 spiro atoms. The summed E-state index contributed by atoms with van der Waals surface area (Å²) in [5, 5.41) is 3.82. The SMILES string of the molecule is Cc1noc(C2CCCN(C(=O)COc3ccccc3)C2)n1. The zero-order chi connectivity index (χ0) is 15.4. The number of carbonyl (C=O) groups excluding carboxylic acids is 1. The molecular formula is C16H19N3O3. The number of carbonyl (C=O) groups is 1. The minimum absolute atomic E-state index is 0.00945. The summed E-state index contributed by atoms with van der Waals surface area (Å²) in [5.74, 6) is 2.07. The van der Waals surface area contributed by atoms with Gasteiger partial charge >= 0.3 is 0 Å². The largest absolute Gasteiger partial charge is 0.484 e. The predicted octanol–water partition coefficient (Wildman–Crippen LogP) is 2.16. The Balaban J connectivity index is 1.56. The molecule has 1 aromatic carbocycles. The lowest BCUT2D eigenvalue weighted by atomic mass is 9.98. The fourth-order valence-corrected chi connectivity index (χ4v) is 2.64. The van der Waals surface area contributed by atoms with E-state index in [4.69, 9.17) is 9.26 Å². The normalized spacial score (nSPS) is 18.2. The second kappa shape index (κ2) is 6.60. The van der Waals surface area contributed by atoms with Gasteiger partial charge in [0.1, 0.15) is 5.75 Å². The van der Waals surface area contributed by atoms with Crippen molar-refractivity contribution in [3.8, 4) is 5.75 Å². The number of aryl methyl sites for hydroxylation is 1. The van der Waals surface area contributed by atoms with Gasteiger partial charge in [-0.1, -0.05) is 23.4 Å². The van der Waals surface area contributed by atoms with Crippen LogP contribution in [0.2, 0.25) is 0 Å². The second-order valence-electron chi connectivity index (χ2n) is 5.46. The first-order chi connectivity index (χ1) is 10.7. The van der Waals surface area contributed by atoms with Gasteiger partial charge in [-0.05, 0) is 31.9 Å². The first kappa shape index (κ1) is 14.6. The van der Waals surface area contributed by atoms with Crippen LogP contribution >= 0.6 is 0 Å². The van der Waals surface area contributed by atoms with Crippen molar-refractivity contribution in [2.75, 3.05) is 19.7 Å². The van der Waals surface area contributed by atoms with E-state index in [2.05, 4.69) is 10.1 Å². The van der Waals surface area contributed by atoms with Crippen LogP contribution in [0.3, 0.4) is 0 Å². The highest BCUT2D eigenvalue weighted by Gasteiger charge is 2.28. The summed E-state index contributed by atoms with van der Waals surface area (Å²) in [6.45, 7) is 3.21. The van der Waals surface area contributed by atoms with Crippen LogP contribution < -0.4 is 4.74 Å². The van der Waals surface area contributed by atoms with Crippen molar-refractivity contribution >= 4 is 5.91 Å². The van der Waals surface area contributed by atoms with E-state index >= 15 is 0 Å². The maximum absolute atomic E-state index is 12.3. The van der Waals surface area contributed by atoms with Gasteiger partial charge in [-0.15, -0.1) is 0 Å². The third-order valence-corrected chi connectivity index (χ3v) is 3.77. The van der Waals surface area contributed by atoms with Crippen LogP contribution in [0.5, 0.6) is 5.75 Å². The molecule has 2 heterocycles. The molecule has 0 saturated carbocycles. The molecule has 1 amide bonds. The molecule has 6 nitrogen and oxygen atoms in total. The second-order valence-corrected chi connectivity index (χ2v) is 5.46. The Morgan fingerprint density at radius 1 is 1.41 bits per heavy atom. The van der Waals surface area contributed by atoms with E-state index < -0.39 is 0 Å². The summed E-state index contributed by atoms with van der Waals surface area (Å²) in [7, 11) is 0. The molecule has 1 aromatic heterocycles. The highest BCUT2D eigenvalue weighted by atomic mass is 16.5. The first-order valence-electron chi connectivity index (χ1n) is 7.48. The Bertz CT molecular complexity index is 627. The number of hydrogen-bond acceptors (Lipinski definition) is 5. The van der Waals surface area contributed by atoms with Gasteiger partial charge in [0, 0.05) is 13.1 Å². The first-order valence-corrected chi connectivity index (χ1v) is 7.48. The summed E-state index contributed by atoms with van der Waals surface area (Å²) >= 11 is 0. The molecule has 1 aliphatic heterocycles. The topological polar surface area (TPSA) is 68.5 Å². The Labute approximate surface area is 129 Å². The number of ether oxygens (including phenoxy) is 1. The molecule has 2 aromatic rings. The number of benzene rings is 1. The lowest BCUT2D eigenvalue weighted by Crippen LogP contribution is -2.41. The third kappa shape index (κ3) is 3.44. The van der Waals surface area contributed by atoms with E-state index in [0.29, 0.717) is 24.0 Å². The summed E-state index contributed by atoms with van der Waals surface area (Å²) in [6.07, 6.45) is 1.90. The van der Waals surface area contributed by atoms with Gasteiger partial charge in [0.05, 0.1) is 5.92 Å². The van der Waals surface area contributed by atoms with Crippen molar-refractivity contribution < 1.29 is 14.1 Å². The monoisotopic (exact) mass is 301 g/mol. The zero-order valence-corrected chi connectivity index (χ0v) is 12.6. The van der Waals surface area contributed by atoms with Gasteiger partial charge in [0.15, 0.2) is 12.4 Å². The van der Waals surface area contributed by atoms with Crippen LogP contribution in [-0.2, 0) is 4.79 Å². The number of hydrogen-bond donors (Lipinski definition) is 0. The van der Waals surface area contributed by atoms with Crippen LogP contribution in [0.15, 0.2) is 34.9 Å². The molecule has 1 aliphatic rings. The molecular weight excluding hydrogens is 282 g/mol. The van der Waals surface area contributed by atoms with Gasteiger partial charge < -0.3 is 14.2 Å². The summed E-state index contributed by atoms with van der Waals surface area (Å²) in [4.78, 5) is 18.4. The molecule has 1 fully saturated rings. The molecule has 1 atom stereocenters. The van der Waals surface area contributed by atoms with E-state index in [0.717, 1.165) is 19.4 Å². The van der Waals surface area contributed by atoms with Crippen LogP contribution in [0.1, 0.15) is 30.5 Å². The molecule has 1 saturated heterocycles. The smallest absolute Gasteiger partial charge is 0.260 e. The molecule has 22 heavy (non-hydrogen) atoms. The summed E-state index contributed by atoms with van der Waals surface area (Å²) in [6, 6.07) is 9.36. The number of para-hydroxylation sites is 1. The Kier molecular flexibility index (Phi) is 4.37. The average molecular weight is 301 g/mol. The number of amides is 1. The van der Waals surface area contributed by atoms with Crippen molar-refractivity contribution in [3.05, 3.63) is 42.0 Å². The molecule has 116 valence electrons. The number of rotatable bonds is 4. The molecule has 0 aliphatic carbocycles. The quantitative estimate of drug-likeness (QED) is 0.865. The highest BCUT2D eigenvalue weighted by Crippen LogP contribution is 2.25. The maximum Gasteiger partial charge on any atom is 0.260 e. The van der Waals surface area contributed by atoms with Gasteiger partial charge in [-0.3, -0.25) is 4.79 Å². The molecule has 3 rings (SSSR count). The van der Waals surface area contributed by atoms with Gasteiger partial charge in [-0.2, -0.15) is 4.98 Å². The van der Waals surface area contributed by atoms with Crippen molar-refractivity contribution in [2.45, 2.75) is 25.7 Å². The number of likely N-dealkylation sites (tertiary alicyclic amines) is 1. The van der Waals surface area contributed by atoms with Crippen LogP contribution in [-0.4, -0.2) is 40.6 Å². The van der Waals surface area contributed by atoms with E-state index in [-0.39, 0.29) is 18.4 Å². The van der Waals surface area contributed by atoms with Crippen molar-refractivity contribution in [1.82, 2.24) is 15.0 Å². The fraction of sp³-hybridized carbons (Fsp3) is 0.438. The molecule has 6 heteroatoms. The summed E-state index contributed by atoms with van der Waals surface area (Å²) in [5.41, 5.74) is 0. The summed E-state index contributed by atoms with van der Waals surface area (Å²) < 4.78 is 10.8. The van der Waals surface area contributed by atoms with E-state index in [1.54, 1.807) is 6.92 Å². The molecule has 0 radical (unpaired) electrons. The van der Waals surface area contributed by atoms with E-state index in [1.165, 1.54) is 0 Å². The molecule has 0 N–H and O–H groups in total. The van der Waals surface area contributed by atoms with Gasteiger partial charge in [0.2, 0.25) is 5.89 Å². The van der Waals surface area contributed by atoms with Crippen LogP contribution in [0.25, 0.3) is 0 Å². The van der Waals surface area contributed by atoms with Crippen LogP contribution in [0, 0.1) is 6.92 Å². The van der Waals surface area contributed by atoms with Crippen LogP contribution in [0.4, 0.5) is 0 Å².